The monoisotopic (exact) mass is 422 g/mol. The van der Waals surface area contributed by atoms with Gasteiger partial charge in [0.15, 0.2) is 0 Å². The van der Waals surface area contributed by atoms with Crippen LogP contribution in [0, 0.1) is 9.39 Å². The van der Waals surface area contributed by atoms with Crippen molar-refractivity contribution in [2.75, 3.05) is 4.72 Å². The molecule has 1 heterocycles. The van der Waals surface area contributed by atoms with Gasteiger partial charge in [0.25, 0.3) is 10.0 Å². The van der Waals surface area contributed by atoms with Crippen molar-refractivity contribution in [3.8, 4) is 0 Å². The van der Waals surface area contributed by atoms with Gasteiger partial charge in [-0.15, -0.1) is 0 Å². The molecule has 110 valence electrons. The third-order valence-corrected chi connectivity index (χ3v) is 4.74. The number of aromatic carboxylic acids is 1. The Labute approximate surface area is 133 Å². The zero-order valence-electron chi connectivity index (χ0n) is 10.2. The van der Waals surface area contributed by atoms with E-state index in [2.05, 4.69) is 9.71 Å². The van der Waals surface area contributed by atoms with Crippen LogP contribution in [0.5, 0.6) is 0 Å². The number of carbonyl (C=O) groups is 1. The SMILES string of the molecule is O=C(O)c1cc(S(=O)(=O)Nc2ccc(F)cn2)ccc1I. The summed E-state index contributed by atoms with van der Waals surface area (Å²) < 4.78 is 39.5. The molecule has 0 bridgehead atoms. The van der Waals surface area contributed by atoms with Crippen LogP contribution in [-0.4, -0.2) is 24.5 Å². The highest BCUT2D eigenvalue weighted by molar-refractivity contribution is 14.1. The number of pyridine rings is 1. The molecule has 6 nitrogen and oxygen atoms in total. The predicted octanol–water partition coefficient (Wildman–Crippen LogP) is 2.32. The number of halogens is 2. The van der Waals surface area contributed by atoms with E-state index in [0.29, 0.717) is 3.57 Å². The number of nitrogens with zero attached hydrogens (tertiary/aromatic N) is 1. The minimum atomic E-state index is -4.00. The van der Waals surface area contributed by atoms with Crippen LogP contribution in [0.2, 0.25) is 0 Å². The highest BCUT2D eigenvalue weighted by atomic mass is 127. The molecular formula is C12H8FIN2O4S. The lowest BCUT2D eigenvalue weighted by atomic mass is 10.2. The molecule has 0 aliphatic carbocycles. The first kappa shape index (κ1) is 15.6. The third kappa shape index (κ3) is 3.67. The first-order valence-electron chi connectivity index (χ1n) is 5.47. The number of benzene rings is 1. The van der Waals surface area contributed by atoms with Crippen molar-refractivity contribution in [2.24, 2.45) is 0 Å². The minimum absolute atomic E-state index is 0.0631. The maximum Gasteiger partial charge on any atom is 0.336 e. The van der Waals surface area contributed by atoms with Crippen LogP contribution < -0.4 is 4.72 Å². The highest BCUT2D eigenvalue weighted by Gasteiger charge is 2.18. The topological polar surface area (TPSA) is 96.4 Å². The zero-order chi connectivity index (χ0) is 15.6. The number of carboxylic acid groups (broad SMARTS) is 1. The average Bonchev–Trinajstić information content (AvgIpc) is 2.41. The first-order chi connectivity index (χ1) is 9.79. The summed E-state index contributed by atoms with van der Waals surface area (Å²) >= 11 is 1.80. The molecule has 0 unspecified atom stereocenters. The Morgan fingerprint density at radius 1 is 1.29 bits per heavy atom. The molecule has 0 spiro atoms. The van der Waals surface area contributed by atoms with Crippen LogP contribution in [0.25, 0.3) is 0 Å². The largest absolute Gasteiger partial charge is 0.478 e. The molecule has 0 amide bonds. The Kier molecular flexibility index (Phi) is 4.42. The van der Waals surface area contributed by atoms with Crippen molar-refractivity contribution in [3.05, 3.63) is 51.5 Å². The third-order valence-electron chi connectivity index (χ3n) is 2.44. The number of anilines is 1. The van der Waals surface area contributed by atoms with Gasteiger partial charge in [-0.25, -0.2) is 22.6 Å². The summed E-state index contributed by atoms with van der Waals surface area (Å²) in [4.78, 5) is 14.4. The van der Waals surface area contributed by atoms with Gasteiger partial charge >= 0.3 is 5.97 Å². The van der Waals surface area contributed by atoms with Crippen LogP contribution in [0.4, 0.5) is 10.2 Å². The van der Waals surface area contributed by atoms with Gasteiger partial charge in [0.1, 0.15) is 11.6 Å². The van der Waals surface area contributed by atoms with Gasteiger partial charge in [-0.1, -0.05) is 0 Å². The zero-order valence-corrected chi connectivity index (χ0v) is 13.2. The number of rotatable bonds is 4. The molecule has 1 aromatic heterocycles. The maximum atomic E-state index is 12.7. The van der Waals surface area contributed by atoms with E-state index in [-0.39, 0.29) is 16.3 Å². The van der Waals surface area contributed by atoms with E-state index in [1.807, 2.05) is 0 Å². The smallest absolute Gasteiger partial charge is 0.336 e. The van der Waals surface area contributed by atoms with E-state index >= 15 is 0 Å². The van der Waals surface area contributed by atoms with Gasteiger partial charge in [0.2, 0.25) is 0 Å². The van der Waals surface area contributed by atoms with Crippen LogP contribution >= 0.6 is 22.6 Å². The van der Waals surface area contributed by atoms with Gasteiger partial charge in [0.05, 0.1) is 16.7 Å². The number of aromatic nitrogens is 1. The van der Waals surface area contributed by atoms with E-state index in [1.165, 1.54) is 12.1 Å². The molecule has 0 radical (unpaired) electrons. The van der Waals surface area contributed by atoms with Crippen LogP contribution in [0.15, 0.2) is 41.4 Å². The maximum absolute atomic E-state index is 12.7. The second kappa shape index (κ2) is 5.93. The van der Waals surface area contributed by atoms with Crippen molar-refractivity contribution >= 4 is 44.4 Å². The second-order valence-electron chi connectivity index (χ2n) is 3.91. The summed E-state index contributed by atoms with van der Waals surface area (Å²) in [5.74, 6) is -1.89. The van der Waals surface area contributed by atoms with E-state index in [4.69, 9.17) is 5.11 Å². The summed E-state index contributed by atoms with van der Waals surface area (Å²) in [6.45, 7) is 0. The number of hydrogen-bond acceptors (Lipinski definition) is 4. The molecule has 2 N–H and O–H groups in total. The first-order valence-corrected chi connectivity index (χ1v) is 8.03. The molecule has 0 aliphatic rings. The van der Waals surface area contributed by atoms with Crippen LogP contribution in [0.3, 0.4) is 0 Å². The lowest BCUT2D eigenvalue weighted by molar-refractivity contribution is 0.0695. The molecule has 0 saturated carbocycles. The average molecular weight is 422 g/mol. The van der Waals surface area contributed by atoms with Crippen molar-refractivity contribution in [3.63, 3.8) is 0 Å². The standard InChI is InChI=1S/C12H8FIN2O4S/c13-7-1-4-11(15-6-7)16-21(19,20)8-2-3-10(14)9(5-8)12(17)18/h1-6H,(H,15,16)(H,17,18). The fourth-order valence-corrected chi connectivity index (χ4v) is 3.07. The molecule has 2 rings (SSSR count). The highest BCUT2D eigenvalue weighted by Crippen LogP contribution is 2.20. The van der Waals surface area contributed by atoms with Crippen molar-refractivity contribution in [1.82, 2.24) is 4.98 Å². The fourth-order valence-electron chi connectivity index (χ4n) is 1.47. The summed E-state index contributed by atoms with van der Waals surface area (Å²) in [7, 11) is -4.00. The molecule has 1 aromatic carbocycles. The quantitative estimate of drug-likeness (QED) is 0.738. The lowest BCUT2D eigenvalue weighted by Gasteiger charge is -2.08. The number of hydrogen-bond donors (Lipinski definition) is 2. The van der Waals surface area contributed by atoms with Crippen molar-refractivity contribution < 1.29 is 22.7 Å². The molecular weight excluding hydrogens is 414 g/mol. The number of sulfonamides is 1. The number of nitrogens with one attached hydrogen (secondary N) is 1. The molecule has 2 aromatic rings. The Hall–Kier alpha value is -1.75. The van der Waals surface area contributed by atoms with Gasteiger partial charge in [0, 0.05) is 3.57 Å². The van der Waals surface area contributed by atoms with Gasteiger partial charge in [-0.2, -0.15) is 0 Å². The van der Waals surface area contributed by atoms with Gasteiger partial charge < -0.3 is 5.11 Å². The minimum Gasteiger partial charge on any atom is -0.478 e. The molecule has 0 fully saturated rings. The molecule has 0 atom stereocenters. The second-order valence-corrected chi connectivity index (χ2v) is 6.76. The summed E-state index contributed by atoms with van der Waals surface area (Å²) in [6, 6.07) is 5.94. The summed E-state index contributed by atoms with van der Waals surface area (Å²) in [5.41, 5.74) is -0.120. The van der Waals surface area contributed by atoms with Crippen LogP contribution in [-0.2, 0) is 10.0 Å². The summed E-state index contributed by atoms with van der Waals surface area (Å²) in [6.07, 6.45) is 0.870. The lowest BCUT2D eigenvalue weighted by Crippen LogP contribution is -2.15. The molecule has 9 heteroatoms. The van der Waals surface area contributed by atoms with Gasteiger partial charge in [-0.05, 0) is 52.9 Å². The van der Waals surface area contributed by atoms with E-state index in [9.17, 15) is 17.6 Å². The Bertz CT molecular complexity index is 793. The normalized spacial score (nSPS) is 11.1. The van der Waals surface area contributed by atoms with Crippen molar-refractivity contribution in [1.29, 1.82) is 0 Å². The Balaban J connectivity index is 2.38. The molecule has 0 saturated heterocycles. The van der Waals surface area contributed by atoms with E-state index in [1.54, 1.807) is 22.6 Å². The fraction of sp³-hybridized carbons (Fsp3) is 0. The van der Waals surface area contributed by atoms with E-state index in [0.717, 1.165) is 24.4 Å². The van der Waals surface area contributed by atoms with Gasteiger partial charge in [-0.3, -0.25) is 4.72 Å². The Morgan fingerprint density at radius 2 is 2.00 bits per heavy atom. The van der Waals surface area contributed by atoms with E-state index < -0.39 is 21.8 Å². The predicted molar refractivity (Wildman–Crippen MR) is 81.1 cm³/mol. The van der Waals surface area contributed by atoms with Crippen molar-refractivity contribution in [2.45, 2.75) is 4.90 Å². The molecule has 21 heavy (non-hydrogen) atoms. The molecule has 0 aliphatic heterocycles. The van der Waals surface area contributed by atoms with Crippen LogP contribution in [0.1, 0.15) is 10.4 Å². The summed E-state index contributed by atoms with van der Waals surface area (Å²) in [5, 5.41) is 9.00. The Morgan fingerprint density at radius 3 is 2.57 bits per heavy atom. The number of carboxylic acids is 1.